The van der Waals surface area contributed by atoms with E-state index in [0.717, 1.165) is 11.1 Å². The van der Waals surface area contributed by atoms with Crippen LogP contribution in [0.4, 0.5) is 21.2 Å². The topological polar surface area (TPSA) is 99.6 Å². The number of rotatable bonds is 10. The molecule has 12 heteroatoms. The van der Waals surface area contributed by atoms with E-state index in [2.05, 4.69) is 0 Å². The van der Waals surface area contributed by atoms with Crippen LogP contribution in [0.5, 0.6) is 5.75 Å². The highest BCUT2D eigenvalue weighted by Gasteiger charge is 2.67. The molecule has 3 amide bonds. The summed E-state index contributed by atoms with van der Waals surface area (Å²) < 4.78 is 28.8. The maximum Gasteiger partial charge on any atom is 0.269 e. The lowest BCUT2D eigenvalue weighted by molar-refractivity contribution is -0.150. The summed E-state index contributed by atoms with van der Waals surface area (Å²) in [5, 5.41) is 10.2. The molecule has 1 N–H and O–H groups in total. The third kappa shape index (κ3) is 6.40. The van der Waals surface area contributed by atoms with Crippen LogP contribution in [-0.4, -0.2) is 62.0 Å². The van der Waals surface area contributed by atoms with Crippen molar-refractivity contribution in [3.8, 4) is 5.75 Å². The first-order chi connectivity index (χ1) is 24.9. The van der Waals surface area contributed by atoms with Gasteiger partial charge in [-0.1, -0.05) is 73.1 Å². The van der Waals surface area contributed by atoms with Gasteiger partial charge in [-0.15, -0.1) is 0 Å². The van der Waals surface area contributed by atoms with Crippen molar-refractivity contribution < 1.29 is 33.1 Å². The van der Waals surface area contributed by atoms with E-state index >= 15 is 4.11 Å². The van der Waals surface area contributed by atoms with Crippen LogP contribution in [0, 0.1) is 5.92 Å². The fourth-order valence-corrected chi connectivity index (χ4v) is 10.9. The van der Waals surface area contributed by atoms with Gasteiger partial charge in [0.25, 0.3) is 11.8 Å². The number of anilines is 3. The van der Waals surface area contributed by atoms with E-state index in [-0.39, 0.29) is 57.0 Å². The minimum Gasteiger partial charge on any atom is -0.482 e. The molecule has 0 bridgehead atoms. The van der Waals surface area contributed by atoms with Crippen molar-refractivity contribution >= 4 is 54.8 Å². The molecule has 4 aromatic carbocycles. The van der Waals surface area contributed by atoms with Crippen molar-refractivity contribution in [1.29, 1.82) is 0 Å². The molecular formula is C40H41ClFN3O6Si. The Hall–Kier alpha value is -4.55. The quantitative estimate of drug-likeness (QED) is 0.137. The van der Waals surface area contributed by atoms with Crippen LogP contribution in [0.3, 0.4) is 0 Å². The second-order valence-electron chi connectivity index (χ2n) is 14.2. The van der Waals surface area contributed by atoms with Gasteiger partial charge in [0.15, 0.2) is 12.2 Å². The van der Waals surface area contributed by atoms with Gasteiger partial charge in [0.05, 0.1) is 37.1 Å². The van der Waals surface area contributed by atoms with Gasteiger partial charge < -0.3 is 28.5 Å². The largest absolute Gasteiger partial charge is 0.482 e. The third-order valence-electron chi connectivity index (χ3n) is 10.5. The van der Waals surface area contributed by atoms with Gasteiger partial charge in [0, 0.05) is 40.8 Å². The van der Waals surface area contributed by atoms with E-state index in [1.54, 1.807) is 46.0 Å². The van der Waals surface area contributed by atoms with Crippen molar-refractivity contribution in [3.63, 3.8) is 0 Å². The standard InChI is InChI=1S/C40H41ClFN3O6Si/c1-26-38(52(2,3)42)35(22-36(47)43(19-20-46)23-27-9-5-4-6-10-27)51-40(26)31-21-29(41)15-18-32(31)44(39(40)49)24-28-13-16-30(17-14-28)45-33-11-7-8-12-34(33)50-25-37(45)48/h4-18,21,26,35,38,46H,19-20,22-25H2,1-3H3/t26-,35+,38-,40+/m0/s1. The van der Waals surface area contributed by atoms with Crippen molar-refractivity contribution in [3.05, 3.63) is 119 Å². The summed E-state index contributed by atoms with van der Waals surface area (Å²) in [7, 11) is -3.54. The van der Waals surface area contributed by atoms with Crippen LogP contribution >= 0.6 is 11.6 Å². The number of carbonyl (C=O) groups excluding carboxylic acids is 3. The van der Waals surface area contributed by atoms with Crippen LogP contribution < -0.4 is 14.5 Å². The smallest absolute Gasteiger partial charge is 0.269 e. The van der Waals surface area contributed by atoms with E-state index in [9.17, 15) is 19.5 Å². The van der Waals surface area contributed by atoms with Crippen LogP contribution in [0.25, 0.3) is 0 Å². The molecule has 0 saturated carbocycles. The Bertz CT molecular complexity index is 1990. The third-order valence-corrected chi connectivity index (χ3v) is 13.2. The van der Waals surface area contributed by atoms with Gasteiger partial charge in [0.1, 0.15) is 5.75 Å². The number of aliphatic hydroxyl groups is 1. The second-order valence-corrected chi connectivity index (χ2v) is 18.4. The lowest BCUT2D eigenvalue weighted by Gasteiger charge is -2.31. The molecule has 4 aromatic rings. The highest BCUT2D eigenvalue weighted by atomic mass is 35.5. The molecule has 1 saturated heterocycles. The summed E-state index contributed by atoms with van der Waals surface area (Å²) >= 11 is 6.55. The Balaban J connectivity index is 1.18. The number of amides is 3. The zero-order chi connectivity index (χ0) is 36.8. The van der Waals surface area contributed by atoms with Gasteiger partial charge in [-0.05, 0) is 66.7 Å². The summed E-state index contributed by atoms with van der Waals surface area (Å²) in [6.45, 7) is 5.32. The van der Waals surface area contributed by atoms with E-state index in [0.29, 0.717) is 33.4 Å². The molecule has 0 radical (unpaired) electrons. The normalized spacial score (nSPS) is 22.4. The molecule has 270 valence electrons. The first-order valence-corrected chi connectivity index (χ1v) is 20.8. The number of benzene rings is 4. The second kappa shape index (κ2) is 14.1. The van der Waals surface area contributed by atoms with Gasteiger partial charge in [-0.2, -0.15) is 0 Å². The van der Waals surface area contributed by atoms with Gasteiger partial charge >= 0.3 is 0 Å². The fraction of sp³-hybridized carbons (Fsp3) is 0.325. The maximum absolute atomic E-state index is 16.4. The maximum atomic E-state index is 16.4. The summed E-state index contributed by atoms with van der Waals surface area (Å²) in [5.41, 5.74) is 1.95. The molecule has 3 aliphatic heterocycles. The minimum absolute atomic E-state index is 0.0702. The minimum atomic E-state index is -3.54. The van der Waals surface area contributed by atoms with Crippen molar-refractivity contribution in [2.75, 3.05) is 29.6 Å². The number of ether oxygens (including phenoxy) is 2. The number of hydrogen-bond acceptors (Lipinski definition) is 6. The molecule has 4 atom stereocenters. The number of hydrogen-bond donors (Lipinski definition) is 1. The summed E-state index contributed by atoms with van der Waals surface area (Å²) in [6, 6.07) is 29.5. The Morgan fingerprint density at radius 1 is 0.981 bits per heavy atom. The molecule has 1 spiro atoms. The molecular weight excluding hydrogens is 701 g/mol. The number of nitrogens with zero attached hydrogens (tertiary/aromatic N) is 3. The molecule has 9 nitrogen and oxygen atoms in total. The molecule has 7 rings (SSSR count). The number of carbonyl (C=O) groups is 3. The van der Waals surface area contributed by atoms with Crippen LogP contribution in [0.2, 0.25) is 23.7 Å². The van der Waals surface area contributed by atoms with Gasteiger partial charge in [-0.25, -0.2) is 0 Å². The van der Waals surface area contributed by atoms with Gasteiger partial charge in [-0.3, -0.25) is 19.3 Å². The molecule has 52 heavy (non-hydrogen) atoms. The van der Waals surface area contributed by atoms with Crippen molar-refractivity contribution in [2.24, 2.45) is 5.92 Å². The molecule has 0 unspecified atom stereocenters. The monoisotopic (exact) mass is 741 g/mol. The zero-order valence-electron chi connectivity index (χ0n) is 29.3. The Morgan fingerprint density at radius 2 is 1.69 bits per heavy atom. The summed E-state index contributed by atoms with van der Waals surface area (Å²) in [6.07, 6.45) is -1.02. The highest BCUT2D eigenvalue weighted by molar-refractivity contribution is 6.72. The Morgan fingerprint density at radius 3 is 2.40 bits per heavy atom. The number of fused-ring (bicyclic) bond motifs is 3. The van der Waals surface area contributed by atoms with Crippen LogP contribution in [-0.2, 0) is 37.8 Å². The van der Waals surface area contributed by atoms with Crippen molar-refractivity contribution in [1.82, 2.24) is 4.90 Å². The molecule has 1 fully saturated rings. The molecule has 3 heterocycles. The lowest BCUT2D eigenvalue weighted by atomic mass is 9.82. The lowest BCUT2D eigenvalue weighted by Crippen LogP contribution is -2.45. The van der Waals surface area contributed by atoms with Crippen LogP contribution in [0.1, 0.15) is 30.0 Å². The van der Waals surface area contributed by atoms with Gasteiger partial charge in [0.2, 0.25) is 14.3 Å². The summed E-state index contributed by atoms with van der Waals surface area (Å²) in [5.74, 6) is -0.807. The van der Waals surface area contributed by atoms with Crippen LogP contribution in [0.15, 0.2) is 97.1 Å². The number of para-hydroxylation sites is 2. The zero-order valence-corrected chi connectivity index (χ0v) is 31.1. The first-order valence-electron chi connectivity index (χ1n) is 17.5. The fourth-order valence-electron chi connectivity index (χ4n) is 8.21. The van der Waals surface area contributed by atoms with E-state index < -0.39 is 31.6 Å². The number of aliphatic hydroxyl groups excluding tert-OH is 1. The average molecular weight is 742 g/mol. The predicted molar refractivity (Wildman–Crippen MR) is 200 cm³/mol. The SMILES string of the molecule is C[C@H]1[C@H]([Si](C)(C)F)[C@@H](CC(=O)N(CCO)Cc2ccccc2)O[C@]12C(=O)N(Cc1ccc(N3C(=O)COc4ccccc43)cc1)c1ccc(Cl)cc12. The van der Waals surface area contributed by atoms with E-state index in [4.69, 9.17) is 21.1 Å². The highest BCUT2D eigenvalue weighted by Crippen LogP contribution is 2.60. The predicted octanol–water partition coefficient (Wildman–Crippen LogP) is 7.13. The molecule has 3 aliphatic rings. The van der Waals surface area contributed by atoms with E-state index in [1.165, 1.54) is 0 Å². The van der Waals surface area contributed by atoms with E-state index in [1.807, 2.05) is 85.8 Å². The molecule has 0 aliphatic carbocycles. The summed E-state index contributed by atoms with van der Waals surface area (Å²) in [4.78, 5) is 46.4. The number of halogens is 2. The van der Waals surface area contributed by atoms with Crippen molar-refractivity contribution in [2.45, 2.75) is 56.8 Å². The average Bonchev–Trinajstić information content (AvgIpc) is 3.54. The molecule has 0 aromatic heterocycles. The Kier molecular flexibility index (Phi) is 9.72. The Labute approximate surface area is 308 Å². The first kappa shape index (κ1) is 35.8.